The molecule has 0 aliphatic rings. The van der Waals surface area contributed by atoms with Crippen LogP contribution >= 0.6 is 0 Å². The van der Waals surface area contributed by atoms with E-state index < -0.39 is 5.97 Å². The maximum Gasteiger partial charge on any atom is 0.308 e. The molecule has 0 rings (SSSR count). The Hall–Kier alpha value is -1.05. The molecule has 3 heteroatoms. The molecule has 0 aromatic heterocycles. The molecule has 0 saturated carbocycles. The van der Waals surface area contributed by atoms with Crippen LogP contribution in [0.5, 0.6) is 0 Å². The summed E-state index contributed by atoms with van der Waals surface area (Å²) in [5.74, 6) is -0.202. The van der Waals surface area contributed by atoms with Crippen LogP contribution < -0.4 is 0 Å². The van der Waals surface area contributed by atoms with Crippen molar-refractivity contribution < 1.29 is 14.6 Å². The molecule has 1 unspecified atom stereocenters. The quantitative estimate of drug-likeness (QED) is 0.597. The lowest BCUT2D eigenvalue weighted by atomic mass is 9.95. The number of carboxylic acids is 1. The summed E-state index contributed by atoms with van der Waals surface area (Å²) in [6.07, 6.45) is 6.38. The van der Waals surface area contributed by atoms with Crippen molar-refractivity contribution in [1.82, 2.24) is 0 Å². The second-order valence-electron chi connectivity index (χ2n) is 6.13. The molecule has 0 aliphatic carbocycles. The predicted molar refractivity (Wildman–Crippen MR) is 82.9 cm³/mol. The third-order valence-corrected chi connectivity index (χ3v) is 3.30. The zero-order valence-electron chi connectivity index (χ0n) is 13.7. The van der Waals surface area contributed by atoms with Crippen molar-refractivity contribution in [2.75, 3.05) is 6.61 Å². The molecule has 3 nitrogen and oxygen atoms in total. The number of carboxylic acid groups (broad SMARTS) is 1. The van der Waals surface area contributed by atoms with Crippen LogP contribution in [-0.4, -0.2) is 23.3 Å². The summed E-state index contributed by atoms with van der Waals surface area (Å²) in [4.78, 5) is 10.5. The molecule has 0 bridgehead atoms. The lowest BCUT2D eigenvalue weighted by molar-refractivity contribution is -0.136. The SMILES string of the molecule is CCOC(C)(C)CCCC(C)CC=C=C(C)CC(=O)O. The molecule has 0 aromatic rings. The Kier molecular flexibility index (Phi) is 9.28. The van der Waals surface area contributed by atoms with Gasteiger partial charge in [0.2, 0.25) is 0 Å². The number of carbonyl (C=O) groups is 1. The molecule has 1 N–H and O–H groups in total. The van der Waals surface area contributed by atoms with Gasteiger partial charge in [-0.25, -0.2) is 0 Å². The highest BCUT2D eigenvalue weighted by Gasteiger charge is 2.17. The van der Waals surface area contributed by atoms with E-state index in [1.807, 2.05) is 13.0 Å². The van der Waals surface area contributed by atoms with Gasteiger partial charge < -0.3 is 9.84 Å². The van der Waals surface area contributed by atoms with Gasteiger partial charge in [-0.15, -0.1) is 5.73 Å². The molecule has 0 heterocycles. The van der Waals surface area contributed by atoms with Crippen molar-refractivity contribution in [2.45, 2.75) is 72.3 Å². The summed E-state index contributed by atoms with van der Waals surface area (Å²) >= 11 is 0. The summed E-state index contributed by atoms with van der Waals surface area (Å²) in [5, 5.41) is 8.64. The average molecular weight is 282 g/mol. The van der Waals surface area contributed by atoms with Crippen LogP contribution in [0.25, 0.3) is 0 Å². The van der Waals surface area contributed by atoms with Crippen molar-refractivity contribution in [3.05, 3.63) is 17.4 Å². The van der Waals surface area contributed by atoms with E-state index in [1.54, 1.807) is 6.92 Å². The summed E-state index contributed by atoms with van der Waals surface area (Å²) in [6.45, 7) is 11.1. The normalized spacial score (nSPS) is 12.7. The monoisotopic (exact) mass is 282 g/mol. The van der Waals surface area contributed by atoms with E-state index in [4.69, 9.17) is 9.84 Å². The smallest absolute Gasteiger partial charge is 0.308 e. The minimum absolute atomic E-state index is 0.0255. The minimum atomic E-state index is -0.797. The van der Waals surface area contributed by atoms with Gasteiger partial charge in [0, 0.05) is 6.61 Å². The van der Waals surface area contributed by atoms with Gasteiger partial charge in [0.05, 0.1) is 12.0 Å². The summed E-state index contributed by atoms with van der Waals surface area (Å²) < 4.78 is 5.68. The lowest BCUT2D eigenvalue weighted by Gasteiger charge is -2.25. The fraction of sp³-hybridized carbons (Fsp3) is 0.765. The molecule has 0 fully saturated rings. The van der Waals surface area contributed by atoms with Gasteiger partial charge in [-0.2, -0.15) is 0 Å². The van der Waals surface area contributed by atoms with Crippen LogP contribution in [-0.2, 0) is 9.53 Å². The second kappa shape index (κ2) is 9.79. The van der Waals surface area contributed by atoms with Crippen LogP contribution in [0.4, 0.5) is 0 Å². The Morgan fingerprint density at radius 1 is 1.45 bits per heavy atom. The van der Waals surface area contributed by atoms with E-state index in [-0.39, 0.29) is 12.0 Å². The third-order valence-electron chi connectivity index (χ3n) is 3.30. The molecule has 20 heavy (non-hydrogen) atoms. The van der Waals surface area contributed by atoms with Crippen molar-refractivity contribution in [3.63, 3.8) is 0 Å². The Morgan fingerprint density at radius 2 is 2.10 bits per heavy atom. The molecule has 0 spiro atoms. The van der Waals surface area contributed by atoms with Gasteiger partial charge >= 0.3 is 5.97 Å². The standard InChI is InChI=1S/C17H30O3/c1-6-20-17(4,5)12-8-11-14(2)9-7-10-15(3)13-16(18)19/h7,14H,6,8-9,11-13H2,1-5H3,(H,18,19). The highest BCUT2D eigenvalue weighted by atomic mass is 16.5. The second-order valence-corrected chi connectivity index (χ2v) is 6.13. The molecule has 0 aliphatic heterocycles. The number of aliphatic carboxylic acids is 1. The minimum Gasteiger partial charge on any atom is -0.481 e. The Labute approximate surface area is 123 Å². The fourth-order valence-electron chi connectivity index (χ4n) is 2.17. The lowest BCUT2D eigenvalue weighted by Crippen LogP contribution is -2.24. The molecule has 0 aromatic carbocycles. The summed E-state index contributed by atoms with van der Waals surface area (Å²) in [5.41, 5.74) is 3.81. The fourth-order valence-corrected chi connectivity index (χ4v) is 2.17. The average Bonchev–Trinajstić information content (AvgIpc) is 2.27. The van der Waals surface area contributed by atoms with Crippen molar-refractivity contribution >= 4 is 5.97 Å². The first-order chi connectivity index (χ1) is 9.26. The molecule has 116 valence electrons. The maximum atomic E-state index is 10.5. The molecule has 1 atom stereocenters. The van der Waals surface area contributed by atoms with Crippen molar-refractivity contribution in [2.24, 2.45) is 5.92 Å². The summed E-state index contributed by atoms with van der Waals surface area (Å²) in [6, 6.07) is 0. The number of rotatable bonds is 10. The zero-order valence-corrected chi connectivity index (χ0v) is 13.7. The van der Waals surface area contributed by atoms with E-state index >= 15 is 0 Å². The largest absolute Gasteiger partial charge is 0.481 e. The molecule has 0 saturated heterocycles. The van der Waals surface area contributed by atoms with Gasteiger partial charge in [-0.1, -0.05) is 19.8 Å². The van der Waals surface area contributed by atoms with Gasteiger partial charge in [0.15, 0.2) is 0 Å². The van der Waals surface area contributed by atoms with E-state index in [9.17, 15) is 4.79 Å². The highest BCUT2D eigenvalue weighted by Crippen LogP contribution is 2.21. The zero-order chi connectivity index (χ0) is 15.6. The van der Waals surface area contributed by atoms with Gasteiger partial charge in [-0.05, 0) is 58.1 Å². The highest BCUT2D eigenvalue weighted by molar-refractivity contribution is 5.69. The third kappa shape index (κ3) is 10.8. The van der Waals surface area contributed by atoms with Gasteiger partial charge in [0.1, 0.15) is 0 Å². The first kappa shape index (κ1) is 18.9. The van der Waals surface area contributed by atoms with E-state index in [0.717, 1.165) is 37.9 Å². The van der Waals surface area contributed by atoms with Gasteiger partial charge in [-0.3, -0.25) is 4.79 Å². The number of ether oxygens (including phenoxy) is 1. The Morgan fingerprint density at radius 3 is 2.65 bits per heavy atom. The van der Waals surface area contributed by atoms with Crippen LogP contribution in [0, 0.1) is 5.92 Å². The van der Waals surface area contributed by atoms with Crippen molar-refractivity contribution in [3.8, 4) is 0 Å². The van der Waals surface area contributed by atoms with E-state index in [0.29, 0.717) is 5.92 Å². The first-order valence-corrected chi connectivity index (χ1v) is 7.53. The van der Waals surface area contributed by atoms with Crippen LogP contribution in [0.15, 0.2) is 17.4 Å². The van der Waals surface area contributed by atoms with Crippen LogP contribution in [0.3, 0.4) is 0 Å². The molecule has 0 amide bonds. The van der Waals surface area contributed by atoms with Crippen molar-refractivity contribution in [1.29, 1.82) is 0 Å². The number of hydrogen-bond acceptors (Lipinski definition) is 2. The molecule has 0 radical (unpaired) electrons. The molecular weight excluding hydrogens is 252 g/mol. The Bertz CT molecular complexity index is 349. The predicted octanol–water partition coefficient (Wildman–Crippen LogP) is 4.57. The maximum absolute atomic E-state index is 10.5. The first-order valence-electron chi connectivity index (χ1n) is 7.53. The van der Waals surface area contributed by atoms with Crippen LogP contribution in [0.2, 0.25) is 0 Å². The van der Waals surface area contributed by atoms with E-state index in [1.165, 1.54) is 0 Å². The topological polar surface area (TPSA) is 46.5 Å². The number of hydrogen-bond donors (Lipinski definition) is 1. The Balaban J connectivity index is 3.98. The van der Waals surface area contributed by atoms with Gasteiger partial charge in [0.25, 0.3) is 0 Å². The van der Waals surface area contributed by atoms with E-state index in [2.05, 4.69) is 26.5 Å². The van der Waals surface area contributed by atoms with Crippen LogP contribution in [0.1, 0.15) is 66.7 Å². The molecular formula is C17H30O3. The summed E-state index contributed by atoms with van der Waals surface area (Å²) in [7, 11) is 0.